The van der Waals surface area contributed by atoms with Crippen LogP contribution in [-0.2, 0) is 43.0 Å². The summed E-state index contributed by atoms with van der Waals surface area (Å²) in [6.45, 7) is 1.91. The van der Waals surface area contributed by atoms with Crippen molar-refractivity contribution in [2.24, 2.45) is 28.2 Å². The third kappa shape index (κ3) is 6.14. The van der Waals surface area contributed by atoms with Crippen molar-refractivity contribution in [1.29, 1.82) is 0 Å². The predicted octanol–water partition coefficient (Wildman–Crippen LogP) is 7.72. The molecule has 0 spiro atoms. The molecule has 0 bridgehead atoms. The Bertz CT molecular complexity index is 3810. The average molecular weight is 859 g/mol. The van der Waals surface area contributed by atoms with Crippen molar-refractivity contribution in [3.8, 4) is 22.5 Å². The average Bonchev–Trinajstić information content (AvgIpc) is 4.14. The highest BCUT2D eigenvalue weighted by atomic mass is 32.2. The number of aromatic amines is 1. The molecular weight excluding hydrogens is 821 g/mol. The van der Waals surface area contributed by atoms with Gasteiger partial charge in [0, 0.05) is 114 Å². The van der Waals surface area contributed by atoms with Crippen LogP contribution in [0.25, 0.3) is 88.2 Å². The Labute approximate surface area is 358 Å². The fourth-order valence-electron chi connectivity index (χ4n) is 8.48. The van der Waals surface area contributed by atoms with Crippen LogP contribution in [0.5, 0.6) is 0 Å². The maximum atomic E-state index is 14.2. The Kier molecular flexibility index (Phi) is 8.86. The molecule has 0 saturated carbocycles. The number of benzene rings is 3. The van der Waals surface area contributed by atoms with Crippen LogP contribution in [0.2, 0.25) is 0 Å². The van der Waals surface area contributed by atoms with E-state index in [1.54, 1.807) is 71.8 Å². The lowest BCUT2D eigenvalue weighted by Crippen LogP contribution is -2.14. The van der Waals surface area contributed by atoms with Gasteiger partial charge in [-0.25, -0.2) is 36.9 Å². The minimum Gasteiger partial charge on any atom is -0.478 e. The highest BCUT2D eigenvalue weighted by Gasteiger charge is 2.28. The Hall–Kier alpha value is -8.05. The molecule has 8 heterocycles. The number of esters is 1. The van der Waals surface area contributed by atoms with Crippen LogP contribution < -0.4 is 0 Å². The second kappa shape index (κ2) is 14.3. The molecule has 0 aliphatic heterocycles. The lowest BCUT2D eigenvalue weighted by molar-refractivity contribution is 0.0600. The second-order valence-electron chi connectivity index (χ2n) is 15.5. The van der Waals surface area contributed by atoms with Gasteiger partial charge in [0.15, 0.2) is 11.3 Å². The highest BCUT2D eigenvalue weighted by molar-refractivity contribution is 7.90. The first kappa shape index (κ1) is 39.1. The van der Waals surface area contributed by atoms with E-state index in [2.05, 4.69) is 20.2 Å². The molecule has 11 aromatic rings. The van der Waals surface area contributed by atoms with E-state index in [1.807, 2.05) is 91.8 Å². The van der Waals surface area contributed by atoms with Gasteiger partial charge >= 0.3 is 11.9 Å². The quantitative estimate of drug-likeness (QED) is 0.157. The fourth-order valence-corrected chi connectivity index (χ4v) is 9.96. The minimum absolute atomic E-state index is 0.152. The summed E-state index contributed by atoms with van der Waals surface area (Å²) < 4.78 is 42.1. The number of hydrogen-bond acceptors (Lipinski definition) is 9. The fraction of sp³-hybridized carbons (Fsp3) is 0.130. The van der Waals surface area contributed by atoms with Gasteiger partial charge in [0.2, 0.25) is 0 Å². The number of methoxy groups -OCH3 is 1. The van der Waals surface area contributed by atoms with Crippen LogP contribution in [0.4, 0.5) is 0 Å². The number of ether oxygens (including phenoxy) is 1. The molecule has 0 atom stereocenters. The highest BCUT2D eigenvalue weighted by Crippen LogP contribution is 2.39. The number of nitrogens with one attached hydrogen (secondary N) is 1. The zero-order valence-corrected chi connectivity index (χ0v) is 35.6. The molecule has 17 heteroatoms. The molecule has 0 radical (unpaired) electrons. The summed E-state index contributed by atoms with van der Waals surface area (Å²) in [7, 11) is 4.86. The number of H-pyrrole nitrogens is 1. The normalized spacial score (nSPS) is 12.0. The van der Waals surface area contributed by atoms with Crippen molar-refractivity contribution in [3.05, 3.63) is 127 Å². The zero-order chi connectivity index (χ0) is 44.1. The van der Waals surface area contributed by atoms with E-state index < -0.39 is 22.0 Å². The summed E-state index contributed by atoms with van der Waals surface area (Å²) in [6.07, 6.45) is 10.9. The first-order chi connectivity index (χ1) is 30.2. The molecule has 2 N–H and O–H groups in total. The van der Waals surface area contributed by atoms with Gasteiger partial charge in [0.05, 0.1) is 51.8 Å². The van der Waals surface area contributed by atoms with Gasteiger partial charge in [-0.1, -0.05) is 17.7 Å². The molecule has 16 nitrogen and oxygen atoms in total. The molecule has 0 aliphatic rings. The van der Waals surface area contributed by atoms with Crippen molar-refractivity contribution in [2.75, 3.05) is 7.11 Å². The van der Waals surface area contributed by atoms with Gasteiger partial charge in [0.1, 0.15) is 0 Å². The molecule has 0 unspecified atom stereocenters. The van der Waals surface area contributed by atoms with E-state index in [1.165, 1.54) is 11.1 Å². The van der Waals surface area contributed by atoms with E-state index in [0.717, 1.165) is 65.8 Å². The maximum absolute atomic E-state index is 14.2. The van der Waals surface area contributed by atoms with Crippen molar-refractivity contribution in [3.63, 3.8) is 0 Å². The summed E-state index contributed by atoms with van der Waals surface area (Å²) in [5.74, 6) is -1.41. The van der Waals surface area contributed by atoms with E-state index in [0.29, 0.717) is 33.5 Å². The Morgan fingerprint density at radius 2 is 1.40 bits per heavy atom. The van der Waals surface area contributed by atoms with E-state index >= 15 is 0 Å². The topological polar surface area (TPSA) is 190 Å². The van der Waals surface area contributed by atoms with Crippen LogP contribution in [0, 0.1) is 6.92 Å². The molecule has 11 rings (SSSR count). The molecule has 0 fully saturated rings. The Balaban J connectivity index is 0.000000159. The number of pyridine rings is 2. The minimum atomic E-state index is -4.05. The van der Waals surface area contributed by atoms with Crippen LogP contribution in [0.3, 0.4) is 0 Å². The lowest BCUT2D eigenvalue weighted by atomic mass is 10.1. The maximum Gasteiger partial charge on any atom is 0.337 e. The first-order valence-electron chi connectivity index (χ1n) is 19.7. The third-order valence-corrected chi connectivity index (χ3v) is 13.3. The molecule has 314 valence electrons. The number of carboxylic acid groups (broad SMARTS) is 1. The molecule has 8 aromatic heterocycles. The number of carbonyl (C=O) groups excluding carboxylic acids is 1. The summed E-state index contributed by atoms with van der Waals surface area (Å²) in [5.41, 5.74) is 8.95. The van der Waals surface area contributed by atoms with Gasteiger partial charge in [-0.05, 0) is 67.6 Å². The molecule has 0 aliphatic carbocycles. The van der Waals surface area contributed by atoms with Gasteiger partial charge < -0.3 is 24.1 Å². The van der Waals surface area contributed by atoms with Crippen LogP contribution in [0.1, 0.15) is 26.3 Å². The number of carboxylic acids is 1. The van der Waals surface area contributed by atoms with Gasteiger partial charge in [-0.15, -0.1) is 0 Å². The Morgan fingerprint density at radius 1 is 0.730 bits per heavy atom. The van der Waals surface area contributed by atoms with Crippen molar-refractivity contribution < 1.29 is 27.9 Å². The molecule has 0 saturated heterocycles. The smallest absolute Gasteiger partial charge is 0.337 e. The summed E-state index contributed by atoms with van der Waals surface area (Å²) >= 11 is 0. The SMILES string of the molecule is COC(=O)c1ccc2c(c1)c(-c1cc3c4c(cnc3n1S(=O)(=O)c1ccc(C)cc1)cnn4C)cn2C.Cn1cc(-c2cc3c(ncc4c[nH]n(C)c43)n2)c2cc(C(=O)O)ccc21. The van der Waals surface area contributed by atoms with Crippen LogP contribution in [-0.4, -0.2) is 80.2 Å². The number of carbonyl (C=O) groups is 2. The zero-order valence-electron chi connectivity index (χ0n) is 34.8. The number of aromatic nitrogens is 10. The van der Waals surface area contributed by atoms with E-state index in [4.69, 9.17) is 9.72 Å². The molecule has 0 amide bonds. The Morgan fingerprint density at radius 3 is 2.11 bits per heavy atom. The molecular formula is C46H38N10O6S. The molecule has 3 aromatic carbocycles. The monoisotopic (exact) mass is 858 g/mol. The second-order valence-corrected chi connectivity index (χ2v) is 17.3. The van der Waals surface area contributed by atoms with Crippen molar-refractivity contribution in [1.82, 2.24) is 47.6 Å². The summed E-state index contributed by atoms with van der Waals surface area (Å²) in [5, 5.41) is 21.8. The number of hydrogen-bond donors (Lipinski definition) is 2. The number of aryl methyl sites for hydroxylation is 5. The predicted molar refractivity (Wildman–Crippen MR) is 240 cm³/mol. The lowest BCUT2D eigenvalue weighted by Gasteiger charge is -2.12. The number of rotatable bonds is 6. The summed E-state index contributed by atoms with van der Waals surface area (Å²) in [4.78, 5) is 37.5. The largest absolute Gasteiger partial charge is 0.478 e. The standard InChI is InChI=1S/C27H23N5O4S.C19H15N5O2/c1-16-5-8-19(9-6-16)37(34,35)32-24(12-21-25-18(13-28-26(21)32)14-29-31(25)3)22-15-30(2)23-10-7-17(11-20(22)23)27(33)36-4;1-23-9-14(12-5-10(19(25)26)3-4-16(12)23)15-6-13-17-11(8-21-24(17)2)7-20-18(13)22-15/h5-15H,1-4H3;3-9,21H,1-2H3,(H,25,26). The third-order valence-electron chi connectivity index (χ3n) is 11.6. The number of nitrogens with zero attached hydrogens (tertiary/aromatic N) is 9. The van der Waals surface area contributed by atoms with Gasteiger partial charge in [-0.2, -0.15) is 5.10 Å². The number of aromatic carboxylic acids is 1. The first-order valence-corrected chi connectivity index (χ1v) is 21.1. The van der Waals surface area contributed by atoms with E-state index in [9.17, 15) is 23.1 Å². The van der Waals surface area contributed by atoms with Gasteiger partial charge in [-0.3, -0.25) is 9.36 Å². The van der Waals surface area contributed by atoms with Crippen LogP contribution in [0.15, 0.2) is 115 Å². The number of fused-ring (bicyclic) bond motifs is 8. The van der Waals surface area contributed by atoms with E-state index in [-0.39, 0.29) is 10.5 Å². The summed E-state index contributed by atoms with van der Waals surface area (Å²) in [6, 6.07) is 21.0. The van der Waals surface area contributed by atoms with Crippen molar-refractivity contribution >= 4 is 87.6 Å². The molecule has 63 heavy (non-hydrogen) atoms. The van der Waals surface area contributed by atoms with Gasteiger partial charge in [0.25, 0.3) is 10.0 Å². The van der Waals surface area contributed by atoms with Crippen molar-refractivity contribution in [2.45, 2.75) is 11.8 Å². The van der Waals surface area contributed by atoms with Crippen LogP contribution >= 0.6 is 0 Å².